The molecule has 1 N–H and O–H groups in total. The molecule has 1 amide bonds. The Balaban J connectivity index is 0.00000121. The second-order valence-corrected chi connectivity index (χ2v) is 6.74. The largest absolute Gasteiger partial charge is 0.337 e. The van der Waals surface area contributed by atoms with Gasteiger partial charge in [0.15, 0.2) is 0 Å². The summed E-state index contributed by atoms with van der Waals surface area (Å²) in [6, 6.07) is 4.36. The quantitative estimate of drug-likeness (QED) is 0.890. The van der Waals surface area contributed by atoms with Gasteiger partial charge in [-0.2, -0.15) is 0 Å². The summed E-state index contributed by atoms with van der Waals surface area (Å²) in [5.41, 5.74) is 0.883. The topological polar surface area (TPSA) is 45.2 Å². The zero-order valence-corrected chi connectivity index (χ0v) is 15.4. The van der Waals surface area contributed by atoms with Crippen molar-refractivity contribution in [3.63, 3.8) is 0 Å². The average Bonchev–Trinajstić information content (AvgIpc) is 3.09. The molecule has 0 aliphatic carbocycles. The first-order valence-corrected chi connectivity index (χ1v) is 8.48. The normalized spacial score (nSPS) is 17.5. The number of nitrogens with zero attached hydrogens (tertiary/aromatic N) is 2. The van der Waals surface area contributed by atoms with E-state index in [1.807, 2.05) is 21.7 Å². The van der Waals surface area contributed by atoms with Gasteiger partial charge in [0, 0.05) is 31.1 Å². The van der Waals surface area contributed by atoms with Crippen LogP contribution < -0.4 is 5.32 Å². The number of hydrogen-bond acceptors (Lipinski definition) is 5. The highest BCUT2D eigenvalue weighted by Crippen LogP contribution is 2.28. The summed E-state index contributed by atoms with van der Waals surface area (Å²) in [5, 5.41) is 8.36. The molecule has 1 fully saturated rings. The summed E-state index contributed by atoms with van der Waals surface area (Å²) in [6.07, 6.45) is 0.409. The van der Waals surface area contributed by atoms with Crippen LogP contribution in [-0.4, -0.2) is 41.5 Å². The Morgan fingerprint density at radius 2 is 2.27 bits per heavy atom. The van der Waals surface area contributed by atoms with E-state index in [9.17, 15) is 4.79 Å². The van der Waals surface area contributed by atoms with Gasteiger partial charge in [0.1, 0.15) is 5.01 Å². The second-order valence-electron chi connectivity index (χ2n) is 4.94. The van der Waals surface area contributed by atoms with Crippen LogP contribution >= 0.6 is 47.5 Å². The number of carbonyl (C=O) groups is 1. The summed E-state index contributed by atoms with van der Waals surface area (Å²) >= 11 is 3.29. The van der Waals surface area contributed by atoms with Gasteiger partial charge < -0.3 is 10.2 Å². The predicted molar refractivity (Wildman–Crippen MR) is 97.7 cm³/mol. The minimum absolute atomic E-state index is 0. The smallest absolute Gasteiger partial charge is 0.228 e. The fraction of sp³-hybridized carbons (Fsp3) is 0.429. The maximum atomic E-state index is 12.3. The van der Waals surface area contributed by atoms with Crippen molar-refractivity contribution in [3.05, 3.63) is 28.6 Å². The molecule has 122 valence electrons. The Bertz CT molecular complexity index is 589. The molecular weight excluding hydrogens is 361 g/mol. The molecule has 0 aromatic carbocycles. The Hall–Kier alpha value is -0.660. The van der Waals surface area contributed by atoms with E-state index in [4.69, 9.17) is 0 Å². The molecule has 1 atom stereocenters. The van der Waals surface area contributed by atoms with Gasteiger partial charge in [-0.1, -0.05) is 6.07 Å². The van der Waals surface area contributed by atoms with Crippen LogP contribution in [0.25, 0.3) is 9.88 Å². The number of rotatable bonds is 3. The third-order valence-electron chi connectivity index (χ3n) is 3.44. The molecule has 2 aromatic heterocycles. The lowest BCUT2D eigenvalue weighted by molar-refractivity contribution is -0.133. The minimum atomic E-state index is 0. The summed E-state index contributed by atoms with van der Waals surface area (Å²) < 4.78 is 0. The van der Waals surface area contributed by atoms with Crippen molar-refractivity contribution in [1.29, 1.82) is 0 Å². The van der Waals surface area contributed by atoms with Crippen molar-refractivity contribution in [2.75, 3.05) is 19.6 Å². The number of thiazole rings is 1. The fourth-order valence-corrected chi connectivity index (χ4v) is 4.00. The third-order valence-corrected chi connectivity index (χ3v) is 5.37. The van der Waals surface area contributed by atoms with E-state index < -0.39 is 0 Å². The minimum Gasteiger partial charge on any atom is -0.337 e. The molecule has 0 spiro atoms. The standard InChI is InChI=1S/C14H17N3OS2.2ClH/c1-10-8-15-4-5-17(10)13(18)7-11-9-20-14(16-11)12-3-2-6-19-12;;/h2-3,6,9-10,15H,4-5,7-8H2,1H3;2*1H/t10-;;/m1../s1. The van der Waals surface area contributed by atoms with Crippen molar-refractivity contribution in [2.45, 2.75) is 19.4 Å². The van der Waals surface area contributed by atoms with Crippen LogP contribution in [-0.2, 0) is 11.2 Å². The zero-order chi connectivity index (χ0) is 13.9. The first kappa shape index (κ1) is 19.4. The molecule has 1 aliphatic heterocycles. The van der Waals surface area contributed by atoms with Crippen LogP contribution in [0.3, 0.4) is 0 Å². The number of aromatic nitrogens is 1. The number of amides is 1. The van der Waals surface area contributed by atoms with Gasteiger partial charge in [-0.05, 0) is 18.4 Å². The summed E-state index contributed by atoms with van der Waals surface area (Å²) in [6.45, 7) is 4.64. The van der Waals surface area contributed by atoms with Gasteiger partial charge in [0.05, 0.1) is 17.0 Å². The Kier molecular flexibility index (Phi) is 7.79. The van der Waals surface area contributed by atoms with Crippen molar-refractivity contribution in [1.82, 2.24) is 15.2 Å². The maximum absolute atomic E-state index is 12.3. The van der Waals surface area contributed by atoms with Gasteiger partial charge in [-0.3, -0.25) is 4.79 Å². The molecule has 0 unspecified atom stereocenters. The maximum Gasteiger partial charge on any atom is 0.228 e. The van der Waals surface area contributed by atoms with Gasteiger partial charge in [-0.15, -0.1) is 47.5 Å². The van der Waals surface area contributed by atoms with Crippen LogP contribution in [0, 0.1) is 0 Å². The van der Waals surface area contributed by atoms with E-state index >= 15 is 0 Å². The lowest BCUT2D eigenvalue weighted by Crippen LogP contribution is -2.52. The van der Waals surface area contributed by atoms with Crippen LogP contribution in [0.4, 0.5) is 0 Å². The van der Waals surface area contributed by atoms with Gasteiger partial charge in [0.25, 0.3) is 0 Å². The molecule has 0 radical (unpaired) electrons. The van der Waals surface area contributed by atoms with E-state index in [1.165, 1.54) is 4.88 Å². The Morgan fingerprint density at radius 3 is 2.95 bits per heavy atom. The van der Waals surface area contributed by atoms with Crippen LogP contribution in [0.15, 0.2) is 22.9 Å². The summed E-state index contributed by atoms with van der Waals surface area (Å²) in [7, 11) is 0. The van der Waals surface area contributed by atoms with Crippen LogP contribution in [0.1, 0.15) is 12.6 Å². The highest BCUT2D eigenvalue weighted by molar-refractivity contribution is 7.20. The SMILES string of the molecule is C[C@@H]1CNCCN1C(=O)Cc1csc(-c2cccs2)n1.Cl.Cl. The van der Waals surface area contributed by atoms with Crippen molar-refractivity contribution in [2.24, 2.45) is 0 Å². The molecule has 22 heavy (non-hydrogen) atoms. The molecule has 8 heteroatoms. The Labute approximate surface area is 150 Å². The van der Waals surface area contributed by atoms with E-state index in [1.54, 1.807) is 22.7 Å². The predicted octanol–water partition coefficient (Wildman–Crippen LogP) is 3.08. The molecule has 3 rings (SSSR count). The first-order valence-electron chi connectivity index (χ1n) is 6.72. The summed E-state index contributed by atoms with van der Waals surface area (Å²) in [4.78, 5) is 20.0. The number of halogens is 2. The molecule has 1 saturated heterocycles. The van der Waals surface area contributed by atoms with E-state index in [2.05, 4.69) is 23.3 Å². The first-order chi connectivity index (χ1) is 9.74. The van der Waals surface area contributed by atoms with Crippen molar-refractivity contribution in [3.8, 4) is 9.88 Å². The monoisotopic (exact) mass is 379 g/mol. The molecule has 3 heterocycles. The Morgan fingerprint density at radius 1 is 1.45 bits per heavy atom. The van der Waals surface area contributed by atoms with Crippen molar-refractivity contribution < 1.29 is 4.79 Å². The van der Waals surface area contributed by atoms with E-state index in [0.29, 0.717) is 6.42 Å². The molecule has 2 aromatic rings. The number of hydrogen-bond donors (Lipinski definition) is 1. The van der Waals surface area contributed by atoms with Crippen LogP contribution in [0.2, 0.25) is 0 Å². The second kappa shape index (κ2) is 8.84. The molecule has 0 saturated carbocycles. The number of thiophene rings is 1. The van der Waals surface area contributed by atoms with Crippen LogP contribution in [0.5, 0.6) is 0 Å². The zero-order valence-electron chi connectivity index (χ0n) is 12.2. The van der Waals surface area contributed by atoms with E-state index in [0.717, 1.165) is 30.3 Å². The third kappa shape index (κ3) is 4.43. The highest BCUT2D eigenvalue weighted by atomic mass is 35.5. The highest BCUT2D eigenvalue weighted by Gasteiger charge is 2.23. The molecule has 4 nitrogen and oxygen atoms in total. The molecule has 1 aliphatic rings. The van der Waals surface area contributed by atoms with Crippen molar-refractivity contribution >= 4 is 53.4 Å². The lowest BCUT2D eigenvalue weighted by Gasteiger charge is -2.33. The summed E-state index contributed by atoms with van der Waals surface area (Å²) in [5.74, 6) is 0.182. The van der Waals surface area contributed by atoms with Gasteiger partial charge >= 0.3 is 0 Å². The van der Waals surface area contributed by atoms with Gasteiger partial charge in [-0.25, -0.2) is 4.98 Å². The molecular formula is C14H19Cl2N3OS2. The number of piperazine rings is 1. The van der Waals surface area contributed by atoms with Gasteiger partial charge in [0.2, 0.25) is 5.91 Å². The molecule has 0 bridgehead atoms. The number of carbonyl (C=O) groups excluding carboxylic acids is 1. The lowest BCUT2D eigenvalue weighted by atomic mass is 10.2. The fourth-order valence-electron chi connectivity index (χ4n) is 2.37. The number of nitrogens with one attached hydrogen (secondary N) is 1. The average molecular weight is 380 g/mol. The van der Waals surface area contributed by atoms with E-state index in [-0.39, 0.29) is 36.8 Å².